The fourth-order valence-electron chi connectivity index (χ4n) is 3.03. The fraction of sp³-hybridized carbons (Fsp3) is 0.273. The van der Waals surface area contributed by atoms with E-state index in [9.17, 15) is 23.2 Å². The van der Waals surface area contributed by atoms with E-state index in [-0.39, 0.29) is 39.3 Å². The summed E-state index contributed by atoms with van der Waals surface area (Å²) in [6, 6.07) is 2.18. The van der Waals surface area contributed by atoms with Crippen LogP contribution in [0, 0.1) is 17.8 Å². The first-order chi connectivity index (χ1) is 17.2. The highest BCUT2D eigenvalue weighted by Crippen LogP contribution is 2.34. The van der Waals surface area contributed by atoms with Crippen LogP contribution in [0.25, 0.3) is 11.1 Å². The van der Waals surface area contributed by atoms with Crippen LogP contribution in [-0.2, 0) is 11.3 Å². The highest BCUT2D eigenvalue weighted by Gasteiger charge is 2.23. The molecule has 2 N–H and O–H groups in total. The summed E-state index contributed by atoms with van der Waals surface area (Å²) < 4.78 is 31.7. The summed E-state index contributed by atoms with van der Waals surface area (Å²) in [5.41, 5.74) is -0.929. The molecule has 2 amide bonds. The molecule has 0 bridgehead atoms. The van der Waals surface area contributed by atoms with Crippen molar-refractivity contribution in [3.63, 3.8) is 0 Å². The normalized spacial score (nSPS) is 12.6. The minimum absolute atomic E-state index is 0.00535. The molecule has 0 atom stereocenters. The fourth-order valence-corrected chi connectivity index (χ4v) is 3.79. The topological polar surface area (TPSA) is 128 Å². The average molecular weight is 535 g/mol. The van der Waals surface area contributed by atoms with Crippen molar-refractivity contribution >= 4 is 39.9 Å². The molecule has 186 valence electrons. The largest absolute Gasteiger partial charge is 0.433 e. The number of nitrogens with zero attached hydrogens (tertiary/aromatic N) is 4. The molecule has 10 nitrogen and oxygen atoms in total. The van der Waals surface area contributed by atoms with E-state index in [0.29, 0.717) is 10.9 Å². The van der Waals surface area contributed by atoms with Crippen molar-refractivity contribution in [3.8, 4) is 28.7 Å². The third-order valence-electron chi connectivity index (χ3n) is 4.91. The molecule has 1 aliphatic carbocycles. The zero-order valence-corrected chi connectivity index (χ0v) is 20.1. The van der Waals surface area contributed by atoms with Gasteiger partial charge in [0.2, 0.25) is 11.0 Å². The first kappa shape index (κ1) is 25.2. The van der Waals surface area contributed by atoms with E-state index < -0.39 is 24.0 Å². The number of likely N-dealkylation sites (N-methyl/N-ethyl adjacent to an activating group) is 1. The van der Waals surface area contributed by atoms with E-state index in [1.165, 1.54) is 19.3 Å². The Kier molecular flexibility index (Phi) is 7.56. The molecule has 1 aliphatic rings. The summed E-state index contributed by atoms with van der Waals surface area (Å²) in [5.74, 6) is 4.63. The van der Waals surface area contributed by atoms with Gasteiger partial charge >= 0.3 is 6.61 Å². The van der Waals surface area contributed by atoms with E-state index in [4.69, 9.17) is 11.6 Å². The van der Waals surface area contributed by atoms with Crippen LogP contribution in [-0.4, -0.2) is 45.2 Å². The van der Waals surface area contributed by atoms with Crippen molar-refractivity contribution in [3.05, 3.63) is 50.6 Å². The lowest BCUT2D eigenvalue weighted by molar-refractivity contribution is -0.121. The Morgan fingerprint density at radius 2 is 2.08 bits per heavy atom. The minimum Gasteiger partial charge on any atom is -0.433 e. The molecule has 0 saturated heterocycles. The molecule has 4 rings (SSSR count). The molecule has 36 heavy (non-hydrogen) atoms. The van der Waals surface area contributed by atoms with Crippen LogP contribution in [0.5, 0.6) is 5.75 Å². The first-order valence-electron chi connectivity index (χ1n) is 10.5. The third-order valence-corrected chi connectivity index (χ3v) is 5.87. The number of alkyl halides is 2. The zero-order valence-electron chi connectivity index (χ0n) is 18.5. The summed E-state index contributed by atoms with van der Waals surface area (Å²) in [4.78, 5) is 41.5. The second-order valence-corrected chi connectivity index (χ2v) is 8.90. The van der Waals surface area contributed by atoms with Crippen LogP contribution in [0.2, 0.25) is 5.15 Å². The number of rotatable bonds is 7. The van der Waals surface area contributed by atoms with Gasteiger partial charge in [-0.25, -0.2) is 4.98 Å². The molecular formula is C22H17ClF2N6O4S. The number of halogens is 3. The molecule has 3 aromatic heterocycles. The third kappa shape index (κ3) is 6.21. The van der Waals surface area contributed by atoms with Crippen LogP contribution >= 0.6 is 22.9 Å². The summed E-state index contributed by atoms with van der Waals surface area (Å²) in [7, 11) is 1.39. The van der Waals surface area contributed by atoms with Crippen molar-refractivity contribution in [2.75, 3.05) is 12.4 Å². The number of amides is 2. The molecule has 1 fully saturated rings. The molecule has 14 heteroatoms. The van der Waals surface area contributed by atoms with E-state index in [0.717, 1.165) is 41.0 Å². The Bertz CT molecular complexity index is 1440. The predicted molar refractivity (Wildman–Crippen MR) is 127 cm³/mol. The lowest BCUT2D eigenvalue weighted by Crippen LogP contribution is -2.31. The Balaban J connectivity index is 1.75. The van der Waals surface area contributed by atoms with Crippen molar-refractivity contribution in [2.45, 2.75) is 26.0 Å². The lowest BCUT2D eigenvalue weighted by atomic mass is 10.0. The van der Waals surface area contributed by atoms with Gasteiger partial charge in [0.1, 0.15) is 11.7 Å². The monoisotopic (exact) mass is 534 g/mol. The van der Waals surface area contributed by atoms with Crippen LogP contribution < -0.4 is 20.9 Å². The molecule has 1 saturated carbocycles. The molecule has 0 unspecified atom stereocenters. The number of anilines is 1. The van der Waals surface area contributed by atoms with Crippen molar-refractivity contribution in [1.82, 2.24) is 25.1 Å². The SMILES string of the molecule is CNC(=O)Cn1cc(-c2cc(Cl)ncc2OC(F)F)c(C(=O)Nc2nnc(C#CC3CC3)s2)cc1=O. The highest BCUT2D eigenvalue weighted by molar-refractivity contribution is 7.15. The Labute approximate surface area is 211 Å². The first-order valence-corrected chi connectivity index (χ1v) is 11.6. The Hall–Kier alpha value is -3.89. The smallest absolute Gasteiger partial charge is 0.387 e. The van der Waals surface area contributed by atoms with E-state index in [1.807, 2.05) is 0 Å². The minimum atomic E-state index is -3.20. The maximum atomic E-state index is 13.2. The number of ether oxygens (including phenoxy) is 1. The van der Waals surface area contributed by atoms with Gasteiger partial charge in [-0.1, -0.05) is 28.9 Å². The number of carbonyl (C=O) groups is 2. The van der Waals surface area contributed by atoms with Crippen LogP contribution in [0.4, 0.5) is 13.9 Å². The summed E-state index contributed by atoms with van der Waals surface area (Å²) in [6.07, 6.45) is 4.23. The standard InChI is InChI=1S/C22H17ClF2N6O4S/c1-26-17(32)10-31-9-14(12-6-16(23)27-8-15(12)35-21(24)25)13(7-19(31)33)20(34)28-22-30-29-18(36-22)5-4-11-2-3-11/h6-9,11,21H,2-3,10H2,1H3,(H,26,32)(H,28,30,34). The zero-order chi connectivity index (χ0) is 25.8. The molecule has 0 spiro atoms. The lowest BCUT2D eigenvalue weighted by Gasteiger charge is -2.16. The van der Waals surface area contributed by atoms with Crippen molar-refractivity contribution in [2.24, 2.45) is 5.92 Å². The van der Waals surface area contributed by atoms with Crippen LogP contribution in [0.3, 0.4) is 0 Å². The Morgan fingerprint density at radius 1 is 1.31 bits per heavy atom. The van der Waals surface area contributed by atoms with Gasteiger partial charge in [0.05, 0.1) is 11.8 Å². The van der Waals surface area contributed by atoms with Gasteiger partial charge in [0.25, 0.3) is 11.5 Å². The molecule has 3 heterocycles. The van der Waals surface area contributed by atoms with Gasteiger partial charge in [0.15, 0.2) is 10.8 Å². The van der Waals surface area contributed by atoms with E-state index >= 15 is 0 Å². The van der Waals surface area contributed by atoms with E-state index in [2.05, 4.69) is 42.4 Å². The van der Waals surface area contributed by atoms with Crippen molar-refractivity contribution < 1.29 is 23.1 Å². The number of hydrogen-bond acceptors (Lipinski definition) is 8. The maximum Gasteiger partial charge on any atom is 0.387 e. The predicted octanol–water partition coefficient (Wildman–Crippen LogP) is 2.78. The number of nitrogens with one attached hydrogen (secondary N) is 2. The Morgan fingerprint density at radius 3 is 2.78 bits per heavy atom. The van der Waals surface area contributed by atoms with Gasteiger partial charge in [-0.2, -0.15) is 8.78 Å². The highest BCUT2D eigenvalue weighted by atomic mass is 35.5. The molecule has 3 aromatic rings. The van der Waals surface area contributed by atoms with Gasteiger partial charge in [0, 0.05) is 36.4 Å². The molecule has 0 radical (unpaired) electrons. The second-order valence-electron chi connectivity index (χ2n) is 7.53. The summed E-state index contributed by atoms with van der Waals surface area (Å²) in [5, 5.41) is 13.2. The van der Waals surface area contributed by atoms with Gasteiger partial charge < -0.3 is 14.6 Å². The van der Waals surface area contributed by atoms with Crippen molar-refractivity contribution in [1.29, 1.82) is 0 Å². The summed E-state index contributed by atoms with van der Waals surface area (Å²) in [6.45, 7) is -3.58. The number of hydrogen-bond donors (Lipinski definition) is 2. The van der Waals surface area contributed by atoms with Crippen LogP contribution in [0.1, 0.15) is 28.2 Å². The van der Waals surface area contributed by atoms with Gasteiger partial charge in [-0.15, -0.1) is 10.2 Å². The maximum absolute atomic E-state index is 13.2. The van der Waals surface area contributed by atoms with Crippen LogP contribution in [0.15, 0.2) is 29.3 Å². The quantitative estimate of drug-likeness (QED) is 0.352. The molecular weight excluding hydrogens is 518 g/mol. The average Bonchev–Trinajstić information content (AvgIpc) is 3.57. The number of pyridine rings is 2. The van der Waals surface area contributed by atoms with Gasteiger partial charge in [-0.3, -0.25) is 19.7 Å². The molecule has 0 aromatic carbocycles. The number of aromatic nitrogens is 4. The number of carbonyl (C=O) groups excluding carboxylic acids is 2. The second kappa shape index (κ2) is 10.8. The van der Waals surface area contributed by atoms with Gasteiger partial charge in [-0.05, 0) is 24.8 Å². The molecule has 0 aliphatic heterocycles. The van der Waals surface area contributed by atoms with E-state index in [1.54, 1.807) is 0 Å². The summed E-state index contributed by atoms with van der Waals surface area (Å²) >= 11 is 7.03.